The number of nitrogens with one attached hydrogen (secondary N) is 2. The summed E-state index contributed by atoms with van der Waals surface area (Å²) in [5, 5.41) is 2.96. The van der Waals surface area contributed by atoms with Crippen LogP contribution in [0.1, 0.15) is 51.0 Å². The van der Waals surface area contributed by atoms with Crippen LogP contribution in [-0.2, 0) is 24.4 Å². The van der Waals surface area contributed by atoms with E-state index in [-0.39, 0.29) is 23.3 Å². The molecule has 3 rings (SSSR count). The predicted octanol–water partition coefficient (Wildman–Crippen LogP) is 3.23. The number of imidazole rings is 1. The second-order valence-corrected chi connectivity index (χ2v) is 8.27. The van der Waals surface area contributed by atoms with Crippen LogP contribution in [0, 0.1) is 0 Å². The van der Waals surface area contributed by atoms with E-state index in [1.807, 2.05) is 24.3 Å². The number of ether oxygens (including phenoxy) is 1. The molecule has 0 unspecified atom stereocenters. The minimum absolute atomic E-state index is 0.0798. The van der Waals surface area contributed by atoms with Crippen LogP contribution in [0.4, 0.5) is 0 Å². The van der Waals surface area contributed by atoms with Crippen molar-refractivity contribution in [1.29, 1.82) is 0 Å². The number of aromatic nitrogens is 4. The summed E-state index contributed by atoms with van der Waals surface area (Å²) in [6.07, 6.45) is 4.16. The molecule has 0 bridgehead atoms. The molecule has 10 heteroatoms. The summed E-state index contributed by atoms with van der Waals surface area (Å²) < 4.78 is 7.90. The molecular formula is C23H30ClN5O4. The number of carbonyl (C=O) groups is 1. The average Bonchev–Trinajstić information content (AvgIpc) is 3.21. The number of aromatic amines is 1. The number of H-pyrrole nitrogens is 1. The fraction of sp³-hybridized carbons (Fsp3) is 0.478. The van der Waals surface area contributed by atoms with Gasteiger partial charge in [-0.3, -0.25) is 18.7 Å². The van der Waals surface area contributed by atoms with E-state index in [4.69, 9.17) is 16.3 Å². The van der Waals surface area contributed by atoms with Gasteiger partial charge in [0.25, 0.3) is 5.56 Å². The Morgan fingerprint density at radius 2 is 1.91 bits per heavy atom. The van der Waals surface area contributed by atoms with Gasteiger partial charge in [-0.25, -0.2) is 4.79 Å². The molecule has 0 aliphatic rings. The summed E-state index contributed by atoms with van der Waals surface area (Å²) in [4.78, 5) is 44.9. The van der Waals surface area contributed by atoms with Gasteiger partial charge in [0.05, 0.1) is 7.11 Å². The van der Waals surface area contributed by atoms with E-state index < -0.39 is 11.2 Å². The van der Waals surface area contributed by atoms with Gasteiger partial charge in [-0.1, -0.05) is 31.9 Å². The zero-order chi connectivity index (χ0) is 23.8. The number of methoxy groups -OCH3 is 1. The van der Waals surface area contributed by atoms with E-state index >= 15 is 0 Å². The third kappa shape index (κ3) is 6.25. The zero-order valence-corrected chi connectivity index (χ0v) is 19.8. The van der Waals surface area contributed by atoms with Crippen LogP contribution >= 0.6 is 11.6 Å². The van der Waals surface area contributed by atoms with Crippen LogP contribution in [0.5, 0.6) is 5.75 Å². The number of carbonyl (C=O) groups excluding carboxylic acids is 1. The van der Waals surface area contributed by atoms with E-state index in [2.05, 4.69) is 22.2 Å². The van der Waals surface area contributed by atoms with E-state index in [0.717, 1.165) is 30.6 Å². The molecule has 0 spiro atoms. The van der Waals surface area contributed by atoms with Crippen molar-refractivity contribution < 1.29 is 9.53 Å². The van der Waals surface area contributed by atoms with Gasteiger partial charge in [-0.2, -0.15) is 4.98 Å². The summed E-state index contributed by atoms with van der Waals surface area (Å²) >= 11 is 5.96. The van der Waals surface area contributed by atoms with Crippen LogP contribution < -0.4 is 21.3 Å². The molecule has 0 atom stereocenters. The van der Waals surface area contributed by atoms with Gasteiger partial charge in [0.1, 0.15) is 5.75 Å². The Labute approximate surface area is 196 Å². The lowest BCUT2D eigenvalue weighted by atomic mass is 10.2. The van der Waals surface area contributed by atoms with Crippen LogP contribution in [-0.4, -0.2) is 32.1 Å². The molecule has 2 heterocycles. The first-order chi connectivity index (χ1) is 15.9. The largest absolute Gasteiger partial charge is 0.497 e. The number of fused-ring (bicyclic) bond motifs is 1. The van der Waals surface area contributed by atoms with Gasteiger partial charge in [0, 0.05) is 26.1 Å². The lowest BCUT2D eigenvalue weighted by Gasteiger charge is -2.11. The summed E-state index contributed by atoms with van der Waals surface area (Å²) in [7, 11) is 1.60. The molecule has 0 fully saturated rings. The maximum Gasteiger partial charge on any atom is 0.332 e. The van der Waals surface area contributed by atoms with E-state index in [0.29, 0.717) is 38.0 Å². The Morgan fingerprint density at radius 1 is 1.15 bits per heavy atom. The van der Waals surface area contributed by atoms with Crippen LogP contribution in [0.25, 0.3) is 11.2 Å². The quantitative estimate of drug-likeness (QED) is 0.308. The van der Waals surface area contributed by atoms with Gasteiger partial charge in [0.15, 0.2) is 11.2 Å². The molecule has 0 aliphatic heterocycles. The molecule has 1 aromatic carbocycles. The number of aryl methyl sites for hydroxylation is 1. The van der Waals surface area contributed by atoms with Gasteiger partial charge in [0.2, 0.25) is 11.2 Å². The number of hydrogen-bond donors (Lipinski definition) is 2. The van der Waals surface area contributed by atoms with Crippen molar-refractivity contribution in [3.8, 4) is 5.75 Å². The average molecular weight is 476 g/mol. The Balaban J connectivity index is 1.59. The number of benzene rings is 1. The van der Waals surface area contributed by atoms with Crippen LogP contribution in [0.3, 0.4) is 0 Å². The van der Waals surface area contributed by atoms with E-state index in [9.17, 15) is 14.4 Å². The number of unbranched alkanes of at least 4 members (excludes halogenated alkanes) is 3. The lowest BCUT2D eigenvalue weighted by Crippen LogP contribution is -2.40. The molecule has 0 aliphatic carbocycles. The standard InChI is InChI=1S/C23H30ClN5O4/c1-3-4-6-12-28-20-19(26-22(24)27-20)21(31)29(23(28)32)13-7-5-11-18(30)25-15-16-9-8-10-17(14-16)33-2/h8-10,14H,3-7,11-13,15H2,1-2H3,(H,25,30)(H,26,27). The monoisotopic (exact) mass is 475 g/mol. The smallest absolute Gasteiger partial charge is 0.332 e. The fourth-order valence-corrected chi connectivity index (χ4v) is 3.86. The SMILES string of the molecule is CCCCCn1c(=O)n(CCCCC(=O)NCc2cccc(OC)c2)c(=O)c2[nH]c(Cl)nc21. The van der Waals surface area contributed by atoms with Gasteiger partial charge in [-0.15, -0.1) is 0 Å². The molecule has 0 radical (unpaired) electrons. The zero-order valence-electron chi connectivity index (χ0n) is 19.0. The Hall–Kier alpha value is -3.07. The lowest BCUT2D eigenvalue weighted by molar-refractivity contribution is -0.121. The molecule has 3 aromatic rings. The highest BCUT2D eigenvalue weighted by atomic mass is 35.5. The first-order valence-corrected chi connectivity index (χ1v) is 11.6. The second-order valence-electron chi connectivity index (χ2n) is 7.91. The molecule has 2 aromatic heterocycles. The number of nitrogens with zero attached hydrogens (tertiary/aromatic N) is 3. The van der Waals surface area contributed by atoms with Crippen LogP contribution in [0.2, 0.25) is 5.28 Å². The molecule has 33 heavy (non-hydrogen) atoms. The highest BCUT2D eigenvalue weighted by molar-refractivity contribution is 6.28. The summed E-state index contributed by atoms with van der Waals surface area (Å²) in [6.45, 7) is 3.19. The van der Waals surface area contributed by atoms with Crippen molar-refractivity contribution in [3.05, 3.63) is 56.0 Å². The van der Waals surface area contributed by atoms with Crippen molar-refractivity contribution in [1.82, 2.24) is 24.4 Å². The topological polar surface area (TPSA) is 111 Å². The third-order valence-corrected chi connectivity index (χ3v) is 5.66. The maximum absolute atomic E-state index is 13.0. The van der Waals surface area contributed by atoms with Gasteiger partial charge < -0.3 is 15.0 Å². The minimum Gasteiger partial charge on any atom is -0.497 e. The normalized spacial score (nSPS) is 11.1. The van der Waals surface area contributed by atoms with Crippen molar-refractivity contribution in [2.24, 2.45) is 0 Å². The van der Waals surface area contributed by atoms with Crippen molar-refractivity contribution in [2.75, 3.05) is 7.11 Å². The van der Waals surface area contributed by atoms with E-state index in [1.54, 1.807) is 7.11 Å². The molecule has 2 N–H and O–H groups in total. The Bertz CT molecular complexity index is 1210. The minimum atomic E-state index is -0.441. The van der Waals surface area contributed by atoms with Crippen molar-refractivity contribution >= 4 is 28.7 Å². The highest BCUT2D eigenvalue weighted by Crippen LogP contribution is 2.13. The summed E-state index contributed by atoms with van der Waals surface area (Å²) in [6, 6.07) is 7.51. The van der Waals surface area contributed by atoms with Crippen molar-refractivity contribution in [3.63, 3.8) is 0 Å². The molecule has 1 amide bonds. The molecule has 9 nitrogen and oxygen atoms in total. The molecular weight excluding hydrogens is 446 g/mol. The van der Waals surface area contributed by atoms with Gasteiger partial charge in [-0.05, 0) is 48.6 Å². The number of hydrogen-bond acceptors (Lipinski definition) is 5. The van der Waals surface area contributed by atoms with Gasteiger partial charge >= 0.3 is 5.69 Å². The number of halogens is 1. The number of amides is 1. The molecule has 178 valence electrons. The Morgan fingerprint density at radius 3 is 2.67 bits per heavy atom. The fourth-order valence-electron chi connectivity index (χ4n) is 3.68. The predicted molar refractivity (Wildman–Crippen MR) is 128 cm³/mol. The van der Waals surface area contributed by atoms with Crippen LogP contribution in [0.15, 0.2) is 33.9 Å². The molecule has 0 saturated heterocycles. The summed E-state index contributed by atoms with van der Waals surface area (Å²) in [5.41, 5.74) is 0.633. The molecule has 0 saturated carbocycles. The third-order valence-electron chi connectivity index (χ3n) is 5.48. The second kappa shape index (κ2) is 11.7. The number of rotatable bonds is 12. The first-order valence-electron chi connectivity index (χ1n) is 11.2. The Kier molecular flexibility index (Phi) is 8.71. The van der Waals surface area contributed by atoms with E-state index in [1.165, 1.54) is 9.13 Å². The first kappa shape index (κ1) is 24.6. The van der Waals surface area contributed by atoms with Crippen molar-refractivity contribution in [2.45, 2.75) is 65.1 Å². The summed E-state index contributed by atoms with van der Waals surface area (Å²) in [5.74, 6) is 0.654. The maximum atomic E-state index is 13.0. The highest BCUT2D eigenvalue weighted by Gasteiger charge is 2.16.